The van der Waals surface area contributed by atoms with Crippen molar-refractivity contribution in [3.63, 3.8) is 0 Å². The minimum absolute atomic E-state index is 0.118. The first kappa shape index (κ1) is 16.9. The molecule has 0 heterocycles. The summed E-state index contributed by atoms with van der Waals surface area (Å²) in [6, 6.07) is 3.27. The van der Waals surface area contributed by atoms with Crippen molar-refractivity contribution in [1.82, 2.24) is 10.0 Å². The molecular formula is C15H21FN2O3S. The largest absolute Gasteiger partial charge is 0.352 e. The van der Waals surface area contributed by atoms with Crippen molar-refractivity contribution in [2.75, 3.05) is 6.54 Å². The summed E-state index contributed by atoms with van der Waals surface area (Å²) in [5, 5.41) is 2.70. The Kier molecular flexibility index (Phi) is 5.18. The van der Waals surface area contributed by atoms with E-state index in [1.54, 1.807) is 0 Å². The Morgan fingerprint density at radius 1 is 1.36 bits per heavy atom. The molecule has 7 heteroatoms. The highest BCUT2D eigenvalue weighted by atomic mass is 32.2. The zero-order valence-electron chi connectivity index (χ0n) is 12.7. The summed E-state index contributed by atoms with van der Waals surface area (Å²) in [5.41, 5.74) is 0.140. The normalized spacial score (nSPS) is 15.1. The third-order valence-corrected chi connectivity index (χ3v) is 4.92. The number of amides is 1. The van der Waals surface area contributed by atoms with Crippen LogP contribution in [0.4, 0.5) is 4.39 Å². The molecule has 2 rings (SSSR count). The molecule has 122 valence electrons. The predicted molar refractivity (Wildman–Crippen MR) is 81.5 cm³/mol. The first-order chi connectivity index (χ1) is 10.3. The predicted octanol–water partition coefficient (Wildman–Crippen LogP) is 2.04. The number of halogens is 1. The van der Waals surface area contributed by atoms with E-state index in [1.165, 1.54) is 6.07 Å². The maximum atomic E-state index is 13.8. The fourth-order valence-electron chi connectivity index (χ4n) is 1.91. The van der Waals surface area contributed by atoms with Crippen LogP contribution in [0, 0.1) is 11.7 Å². The lowest BCUT2D eigenvalue weighted by molar-refractivity contribution is 0.0951. The van der Waals surface area contributed by atoms with Gasteiger partial charge in [-0.05, 0) is 43.4 Å². The minimum atomic E-state index is -3.92. The summed E-state index contributed by atoms with van der Waals surface area (Å²) in [4.78, 5) is 11.5. The third-order valence-electron chi connectivity index (χ3n) is 3.39. The first-order valence-corrected chi connectivity index (χ1v) is 8.88. The maximum absolute atomic E-state index is 13.8. The van der Waals surface area contributed by atoms with Crippen LogP contribution in [-0.2, 0) is 10.0 Å². The van der Waals surface area contributed by atoms with Crippen LogP contribution >= 0.6 is 0 Å². The van der Waals surface area contributed by atoms with Gasteiger partial charge in [0.2, 0.25) is 10.0 Å². The lowest BCUT2D eigenvalue weighted by Crippen LogP contribution is -2.28. The fraction of sp³-hybridized carbons (Fsp3) is 0.533. The molecule has 0 spiro atoms. The second-order valence-electron chi connectivity index (χ2n) is 5.98. The van der Waals surface area contributed by atoms with Crippen LogP contribution in [0.3, 0.4) is 0 Å². The highest BCUT2D eigenvalue weighted by Crippen LogP contribution is 2.24. The smallest absolute Gasteiger partial charge is 0.251 e. The molecule has 1 amide bonds. The van der Waals surface area contributed by atoms with Gasteiger partial charge in [0, 0.05) is 18.2 Å². The Morgan fingerprint density at radius 3 is 2.64 bits per heavy atom. The van der Waals surface area contributed by atoms with E-state index in [0.717, 1.165) is 31.4 Å². The van der Waals surface area contributed by atoms with Crippen LogP contribution in [0.25, 0.3) is 0 Å². The minimum Gasteiger partial charge on any atom is -0.352 e. The number of benzene rings is 1. The summed E-state index contributed by atoms with van der Waals surface area (Å²) in [7, 11) is -3.92. The molecule has 1 aromatic carbocycles. The van der Waals surface area contributed by atoms with E-state index in [4.69, 9.17) is 0 Å². The lowest BCUT2D eigenvalue weighted by Gasteiger charge is -2.10. The third kappa shape index (κ3) is 4.51. The van der Waals surface area contributed by atoms with Crippen LogP contribution in [0.5, 0.6) is 0 Å². The molecule has 1 aliphatic rings. The van der Waals surface area contributed by atoms with E-state index in [9.17, 15) is 17.6 Å². The zero-order chi connectivity index (χ0) is 16.3. The van der Waals surface area contributed by atoms with Gasteiger partial charge < -0.3 is 5.32 Å². The molecule has 0 atom stereocenters. The first-order valence-electron chi connectivity index (χ1n) is 7.39. The fourth-order valence-corrected chi connectivity index (χ4v) is 3.32. The highest BCUT2D eigenvalue weighted by molar-refractivity contribution is 7.89. The van der Waals surface area contributed by atoms with Gasteiger partial charge in [-0.3, -0.25) is 4.79 Å². The molecule has 5 nitrogen and oxygen atoms in total. The van der Waals surface area contributed by atoms with Gasteiger partial charge in [-0.2, -0.15) is 0 Å². The number of nitrogens with one attached hydrogen (secondary N) is 2. The Labute approximate surface area is 130 Å². The van der Waals surface area contributed by atoms with Crippen molar-refractivity contribution >= 4 is 15.9 Å². The standard InChI is InChI=1S/C15H21FN2O3S/c1-10(2)7-8-17-15(19)11-3-6-13(16)14(9-11)22(20,21)18-12-4-5-12/h3,6,9-10,12,18H,4-5,7-8H2,1-2H3,(H,17,19). The van der Waals surface area contributed by atoms with E-state index in [-0.39, 0.29) is 11.6 Å². The molecule has 0 saturated heterocycles. The zero-order valence-corrected chi connectivity index (χ0v) is 13.5. The van der Waals surface area contributed by atoms with Crippen molar-refractivity contribution in [1.29, 1.82) is 0 Å². The highest BCUT2D eigenvalue weighted by Gasteiger charge is 2.30. The number of hydrogen-bond donors (Lipinski definition) is 2. The van der Waals surface area contributed by atoms with Crippen LogP contribution in [0.1, 0.15) is 43.5 Å². The molecule has 1 fully saturated rings. The molecule has 1 aliphatic carbocycles. The molecule has 0 radical (unpaired) electrons. The van der Waals surface area contributed by atoms with Crippen molar-refractivity contribution in [2.24, 2.45) is 5.92 Å². The number of carbonyl (C=O) groups is 1. The van der Waals surface area contributed by atoms with Gasteiger partial charge in [0.1, 0.15) is 10.7 Å². The van der Waals surface area contributed by atoms with Crippen LogP contribution in [-0.4, -0.2) is 26.9 Å². The maximum Gasteiger partial charge on any atom is 0.251 e. The van der Waals surface area contributed by atoms with E-state index in [0.29, 0.717) is 12.5 Å². The van der Waals surface area contributed by atoms with Gasteiger partial charge >= 0.3 is 0 Å². The lowest BCUT2D eigenvalue weighted by atomic mass is 10.1. The van der Waals surface area contributed by atoms with E-state index in [2.05, 4.69) is 10.0 Å². The SMILES string of the molecule is CC(C)CCNC(=O)c1ccc(F)c(S(=O)(=O)NC2CC2)c1. The molecule has 22 heavy (non-hydrogen) atoms. The Morgan fingerprint density at radius 2 is 2.05 bits per heavy atom. The van der Waals surface area contributed by atoms with E-state index in [1.807, 2.05) is 13.8 Å². The topological polar surface area (TPSA) is 75.3 Å². The summed E-state index contributed by atoms with van der Waals surface area (Å²) in [5.74, 6) is -0.803. The number of rotatable bonds is 7. The van der Waals surface area contributed by atoms with Gasteiger partial charge in [0.05, 0.1) is 0 Å². The summed E-state index contributed by atoms with van der Waals surface area (Å²) >= 11 is 0. The quantitative estimate of drug-likeness (QED) is 0.804. The van der Waals surface area contributed by atoms with Gasteiger partial charge in [-0.15, -0.1) is 0 Å². The molecule has 0 aliphatic heterocycles. The van der Waals surface area contributed by atoms with E-state index >= 15 is 0 Å². The number of sulfonamides is 1. The van der Waals surface area contributed by atoms with Crippen molar-refractivity contribution < 1.29 is 17.6 Å². The van der Waals surface area contributed by atoms with Gasteiger partial charge in [-0.1, -0.05) is 13.8 Å². The number of carbonyl (C=O) groups excluding carboxylic acids is 1. The van der Waals surface area contributed by atoms with Gasteiger partial charge in [0.25, 0.3) is 5.91 Å². The average molecular weight is 328 g/mol. The summed E-state index contributed by atoms with van der Waals surface area (Å²) < 4.78 is 40.4. The summed E-state index contributed by atoms with van der Waals surface area (Å²) in [6.45, 7) is 4.58. The molecular weight excluding hydrogens is 307 g/mol. The molecule has 1 saturated carbocycles. The molecule has 0 aromatic heterocycles. The van der Waals surface area contributed by atoms with Crippen LogP contribution in [0.15, 0.2) is 23.1 Å². The second-order valence-corrected chi connectivity index (χ2v) is 7.66. The van der Waals surface area contributed by atoms with Crippen molar-refractivity contribution in [2.45, 2.75) is 44.0 Å². The van der Waals surface area contributed by atoms with Gasteiger partial charge in [0.15, 0.2) is 0 Å². The molecule has 0 bridgehead atoms. The Hall–Kier alpha value is -1.47. The molecule has 0 unspecified atom stereocenters. The second kappa shape index (κ2) is 6.75. The number of hydrogen-bond acceptors (Lipinski definition) is 3. The molecule has 1 aromatic rings. The van der Waals surface area contributed by atoms with E-state index < -0.39 is 26.6 Å². The van der Waals surface area contributed by atoms with Crippen molar-refractivity contribution in [3.8, 4) is 0 Å². The average Bonchev–Trinajstić information content (AvgIpc) is 3.21. The molecule has 2 N–H and O–H groups in total. The van der Waals surface area contributed by atoms with Crippen LogP contribution in [0.2, 0.25) is 0 Å². The Bertz CT molecular complexity index is 655. The summed E-state index contributed by atoms with van der Waals surface area (Å²) in [6.07, 6.45) is 2.34. The van der Waals surface area contributed by atoms with Gasteiger partial charge in [-0.25, -0.2) is 17.5 Å². The van der Waals surface area contributed by atoms with Crippen LogP contribution < -0.4 is 10.0 Å². The Balaban J connectivity index is 2.13. The monoisotopic (exact) mass is 328 g/mol. The van der Waals surface area contributed by atoms with Crippen molar-refractivity contribution in [3.05, 3.63) is 29.6 Å².